The first-order valence-electron chi connectivity index (χ1n) is 1.64. The van der Waals surface area contributed by atoms with Gasteiger partial charge in [0, 0.05) is 0 Å². The first-order valence-corrected chi connectivity index (χ1v) is 2.85. The SMILES string of the molecule is CNCC[Se]. The monoisotopic (exact) mass is 138 g/mol. The fourth-order valence-corrected chi connectivity index (χ4v) is 0.530. The maximum atomic E-state index is 2.99. The fourth-order valence-electron chi connectivity index (χ4n) is 0.102. The van der Waals surface area contributed by atoms with Crippen molar-refractivity contribution in [1.82, 2.24) is 5.32 Å². The van der Waals surface area contributed by atoms with Gasteiger partial charge in [0.15, 0.2) is 0 Å². The predicted octanol–water partition coefficient (Wildman–Crippen LogP) is -0.207. The van der Waals surface area contributed by atoms with Gasteiger partial charge < -0.3 is 0 Å². The average Bonchev–Trinajstić information content (AvgIpc) is 1.41. The summed E-state index contributed by atoms with van der Waals surface area (Å²) >= 11 is 2.88. The Morgan fingerprint density at radius 2 is 2.40 bits per heavy atom. The molecule has 0 aliphatic carbocycles. The van der Waals surface area contributed by atoms with Gasteiger partial charge in [0.05, 0.1) is 0 Å². The molecular weight excluding hydrogens is 129 g/mol. The van der Waals surface area contributed by atoms with Gasteiger partial charge in [-0.1, -0.05) is 0 Å². The van der Waals surface area contributed by atoms with Crippen LogP contribution in [0.15, 0.2) is 0 Å². The van der Waals surface area contributed by atoms with E-state index in [1.54, 1.807) is 0 Å². The molecule has 0 atom stereocenters. The van der Waals surface area contributed by atoms with Gasteiger partial charge in [0.1, 0.15) is 0 Å². The van der Waals surface area contributed by atoms with Crippen LogP contribution in [0.4, 0.5) is 0 Å². The quantitative estimate of drug-likeness (QED) is 0.519. The zero-order valence-corrected chi connectivity index (χ0v) is 5.04. The van der Waals surface area contributed by atoms with Crippen LogP contribution in [0.3, 0.4) is 0 Å². The molecule has 0 aliphatic heterocycles. The molecule has 0 saturated carbocycles. The Hall–Kier alpha value is 0.479. The van der Waals surface area contributed by atoms with Crippen LogP contribution in [0.2, 0.25) is 5.32 Å². The second-order valence-corrected chi connectivity index (χ2v) is 1.66. The molecule has 0 fully saturated rings. The first-order chi connectivity index (χ1) is 2.41. The van der Waals surface area contributed by atoms with E-state index in [1.165, 1.54) is 0 Å². The number of rotatable bonds is 2. The molecule has 0 aromatic carbocycles. The molecular formula is C3H8NSe. The summed E-state index contributed by atoms with van der Waals surface area (Å²) in [5, 5.41) is 4.09. The summed E-state index contributed by atoms with van der Waals surface area (Å²) in [5.74, 6) is 0. The first kappa shape index (κ1) is 5.48. The van der Waals surface area contributed by atoms with E-state index in [2.05, 4.69) is 21.3 Å². The summed E-state index contributed by atoms with van der Waals surface area (Å²) < 4.78 is 0. The molecule has 0 saturated heterocycles. The minimum absolute atomic E-state index is 1.08. The van der Waals surface area contributed by atoms with Crippen molar-refractivity contribution in [1.29, 1.82) is 0 Å². The Labute approximate surface area is 41.0 Å². The molecule has 0 aromatic rings. The minimum atomic E-state index is 1.08. The van der Waals surface area contributed by atoms with E-state index in [0.29, 0.717) is 0 Å². The van der Waals surface area contributed by atoms with Crippen molar-refractivity contribution in [3.8, 4) is 0 Å². The van der Waals surface area contributed by atoms with Crippen LogP contribution in [0.5, 0.6) is 0 Å². The van der Waals surface area contributed by atoms with E-state index in [9.17, 15) is 0 Å². The second kappa shape index (κ2) is 4.48. The van der Waals surface area contributed by atoms with Crippen LogP contribution in [0.1, 0.15) is 0 Å². The molecule has 0 heterocycles. The molecule has 1 radical (unpaired) electrons. The summed E-state index contributed by atoms with van der Waals surface area (Å²) in [5.41, 5.74) is 0. The summed E-state index contributed by atoms with van der Waals surface area (Å²) in [4.78, 5) is 0. The number of nitrogens with one attached hydrogen (secondary N) is 1. The third-order valence-electron chi connectivity index (χ3n) is 0.352. The topological polar surface area (TPSA) is 12.0 Å². The van der Waals surface area contributed by atoms with Crippen molar-refractivity contribution in [2.45, 2.75) is 5.32 Å². The second-order valence-electron chi connectivity index (χ2n) is 0.808. The molecule has 1 nitrogen and oxygen atoms in total. The molecule has 0 amide bonds. The Morgan fingerprint density at radius 3 is 2.40 bits per heavy atom. The van der Waals surface area contributed by atoms with Crippen molar-refractivity contribution in [2.75, 3.05) is 13.6 Å². The average molecular weight is 137 g/mol. The molecule has 0 spiro atoms. The van der Waals surface area contributed by atoms with Gasteiger partial charge in [-0.15, -0.1) is 0 Å². The van der Waals surface area contributed by atoms with Crippen LogP contribution in [0.25, 0.3) is 0 Å². The van der Waals surface area contributed by atoms with Crippen molar-refractivity contribution in [3.63, 3.8) is 0 Å². The van der Waals surface area contributed by atoms with Crippen LogP contribution in [0, 0.1) is 0 Å². The Bertz CT molecular complexity index is 14.4. The van der Waals surface area contributed by atoms with Crippen molar-refractivity contribution in [3.05, 3.63) is 0 Å². The van der Waals surface area contributed by atoms with Gasteiger partial charge in [-0.05, 0) is 0 Å². The molecule has 2 heteroatoms. The van der Waals surface area contributed by atoms with Crippen LogP contribution >= 0.6 is 0 Å². The van der Waals surface area contributed by atoms with Crippen LogP contribution in [-0.4, -0.2) is 29.6 Å². The standard InChI is InChI=1S/C3H8NSe/c1-4-2-3-5/h4H,2-3H2,1H3. The third-order valence-corrected chi connectivity index (χ3v) is 0.780. The van der Waals surface area contributed by atoms with Gasteiger partial charge in [0.2, 0.25) is 0 Å². The van der Waals surface area contributed by atoms with Gasteiger partial charge in [-0.2, -0.15) is 0 Å². The van der Waals surface area contributed by atoms with E-state index in [4.69, 9.17) is 0 Å². The summed E-state index contributed by atoms with van der Waals surface area (Å²) in [6.07, 6.45) is 0. The zero-order valence-electron chi connectivity index (χ0n) is 3.32. The van der Waals surface area contributed by atoms with Crippen LogP contribution in [-0.2, 0) is 0 Å². The molecule has 0 aliphatic rings. The molecule has 5 heavy (non-hydrogen) atoms. The third kappa shape index (κ3) is 4.48. The molecule has 0 unspecified atom stereocenters. The van der Waals surface area contributed by atoms with E-state index in [0.717, 1.165) is 11.9 Å². The van der Waals surface area contributed by atoms with E-state index in [-0.39, 0.29) is 0 Å². The maximum absolute atomic E-state index is 2.99. The summed E-state index contributed by atoms with van der Waals surface area (Å²) in [7, 11) is 1.94. The van der Waals surface area contributed by atoms with Gasteiger partial charge in [-0.25, -0.2) is 0 Å². The Morgan fingerprint density at radius 1 is 1.80 bits per heavy atom. The Kier molecular flexibility index (Phi) is 4.91. The number of hydrogen-bond acceptors (Lipinski definition) is 1. The summed E-state index contributed by atoms with van der Waals surface area (Å²) in [6.45, 7) is 1.08. The zero-order chi connectivity index (χ0) is 4.12. The molecule has 0 aromatic heterocycles. The van der Waals surface area contributed by atoms with Gasteiger partial charge in [-0.3, -0.25) is 0 Å². The summed E-state index contributed by atoms with van der Waals surface area (Å²) in [6, 6.07) is 0. The van der Waals surface area contributed by atoms with Crippen LogP contribution < -0.4 is 5.32 Å². The molecule has 0 bridgehead atoms. The van der Waals surface area contributed by atoms with Crippen molar-refractivity contribution >= 4 is 16.0 Å². The van der Waals surface area contributed by atoms with Gasteiger partial charge >= 0.3 is 40.2 Å². The van der Waals surface area contributed by atoms with E-state index < -0.39 is 0 Å². The van der Waals surface area contributed by atoms with Crippen molar-refractivity contribution < 1.29 is 0 Å². The Balaban J connectivity index is 2.19. The normalized spacial score (nSPS) is 8.40. The molecule has 0 rings (SSSR count). The van der Waals surface area contributed by atoms with E-state index in [1.807, 2.05) is 7.05 Å². The van der Waals surface area contributed by atoms with E-state index >= 15 is 0 Å². The van der Waals surface area contributed by atoms with Crippen molar-refractivity contribution in [2.24, 2.45) is 0 Å². The fraction of sp³-hybridized carbons (Fsp3) is 1.00. The molecule has 31 valence electrons. The molecule has 1 N–H and O–H groups in total. The number of hydrogen-bond donors (Lipinski definition) is 1. The predicted molar refractivity (Wildman–Crippen MR) is 24.5 cm³/mol. The van der Waals surface area contributed by atoms with Gasteiger partial charge in [0.25, 0.3) is 0 Å².